The molecule has 1 aromatic heterocycles. The number of carbonyl (C=O) groups is 1. The van der Waals surface area contributed by atoms with Gasteiger partial charge >= 0.3 is 0 Å². The van der Waals surface area contributed by atoms with Crippen LogP contribution in [0.2, 0.25) is 0 Å². The van der Waals surface area contributed by atoms with Gasteiger partial charge in [-0.15, -0.1) is 12.4 Å². The summed E-state index contributed by atoms with van der Waals surface area (Å²) in [6.45, 7) is 2.82. The lowest BCUT2D eigenvalue weighted by atomic mass is 10.00. The van der Waals surface area contributed by atoms with Gasteiger partial charge in [-0.25, -0.2) is 4.98 Å². The van der Waals surface area contributed by atoms with Gasteiger partial charge in [0.15, 0.2) is 0 Å². The van der Waals surface area contributed by atoms with Crippen molar-refractivity contribution in [2.75, 3.05) is 19.6 Å². The first-order valence-corrected chi connectivity index (χ1v) is 8.68. The largest absolute Gasteiger partial charge is 0.356 e. The summed E-state index contributed by atoms with van der Waals surface area (Å²) in [6.07, 6.45) is 4.09. The Morgan fingerprint density at radius 3 is 2.96 bits per heavy atom. The van der Waals surface area contributed by atoms with Gasteiger partial charge in [-0.3, -0.25) is 9.59 Å². The van der Waals surface area contributed by atoms with E-state index < -0.39 is 0 Å². The summed E-state index contributed by atoms with van der Waals surface area (Å²) >= 11 is 0. The molecule has 2 heterocycles. The van der Waals surface area contributed by atoms with Crippen molar-refractivity contribution >= 4 is 29.2 Å². The molecule has 0 spiro atoms. The molecular formula is C18H25ClN4O2. The number of nitrogens with zero attached hydrogens (tertiary/aromatic N) is 1. The van der Waals surface area contributed by atoms with Crippen molar-refractivity contribution in [3.05, 3.63) is 40.4 Å². The minimum atomic E-state index is -0.121. The van der Waals surface area contributed by atoms with Crippen molar-refractivity contribution in [3.63, 3.8) is 0 Å². The summed E-state index contributed by atoms with van der Waals surface area (Å²) in [4.78, 5) is 31.2. The smallest absolute Gasteiger partial charge is 0.258 e. The first kappa shape index (κ1) is 19.4. The Bertz CT molecular complexity index is 756. The number of amides is 1. The summed E-state index contributed by atoms with van der Waals surface area (Å²) in [7, 11) is 0. The highest BCUT2D eigenvalue weighted by Crippen LogP contribution is 2.09. The number of hydrogen-bond acceptors (Lipinski definition) is 4. The van der Waals surface area contributed by atoms with E-state index in [9.17, 15) is 9.59 Å². The zero-order valence-corrected chi connectivity index (χ0v) is 15.0. The van der Waals surface area contributed by atoms with Gasteiger partial charge in [0.2, 0.25) is 5.91 Å². The van der Waals surface area contributed by atoms with Crippen molar-refractivity contribution in [2.45, 2.75) is 32.1 Å². The first-order valence-electron chi connectivity index (χ1n) is 8.68. The Morgan fingerprint density at radius 1 is 1.32 bits per heavy atom. The van der Waals surface area contributed by atoms with Gasteiger partial charge in [-0.1, -0.05) is 12.1 Å². The predicted molar refractivity (Wildman–Crippen MR) is 101 cm³/mol. The number of rotatable bonds is 6. The Balaban J connectivity index is 0.00000225. The molecule has 1 unspecified atom stereocenters. The van der Waals surface area contributed by atoms with Gasteiger partial charge in [0, 0.05) is 19.4 Å². The van der Waals surface area contributed by atoms with E-state index in [1.807, 2.05) is 18.2 Å². The fourth-order valence-corrected chi connectivity index (χ4v) is 3.11. The van der Waals surface area contributed by atoms with E-state index in [1.54, 1.807) is 6.07 Å². The van der Waals surface area contributed by atoms with Gasteiger partial charge in [0.25, 0.3) is 5.56 Å². The van der Waals surface area contributed by atoms with E-state index in [0.717, 1.165) is 19.6 Å². The number of halogens is 1. The van der Waals surface area contributed by atoms with Gasteiger partial charge in [-0.05, 0) is 50.4 Å². The lowest BCUT2D eigenvalue weighted by Gasteiger charge is -2.22. The summed E-state index contributed by atoms with van der Waals surface area (Å²) < 4.78 is 0. The molecule has 1 saturated heterocycles. The molecular weight excluding hydrogens is 340 g/mol. The number of aromatic nitrogens is 2. The highest BCUT2D eigenvalue weighted by Gasteiger charge is 2.13. The molecule has 1 amide bonds. The molecule has 0 bridgehead atoms. The third kappa shape index (κ3) is 5.54. The number of hydrogen-bond donors (Lipinski definition) is 3. The normalized spacial score (nSPS) is 17.0. The van der Waals surface area contributed by atoms with Crippen LogP contribution in [0, 0.1) is 5.92 Å². The van der Waals surface area contributed by atoms with E-state index in [4.69, 9.17) is 0 Å². The van der Waals surface area contributed by atoms with Crippen LogP contribution in [0.15, 0.2) is 29.1 Å². The van der Waals surface area contributed by atoms with Crippen molar-refractivity contribution in [1.29, 1.82) is 0 Å². The summed E-state index contributed by atoms with van der Waals surface area (Å²) in [5.41, 5.74) is 0.579. The molecule has 1 aliphatic heterocycles. The molecule has 136 valence electrons. The monoisotopic (exact) mass is 364 g/mol. The molecule has 0 aliphatic carbocycles. The number of aromatic amines is 1. The first-order chi connectivity index (χ1) is 11.7. The van der Waals surface area contributed by atoms with E-state index >= 15 is 0 Å². The Hall–Kier alpha value is -1.92. The number of carbonyl (C=O) groups excluding carboxylic acids is 1. The molecule has 1 fully saturated rings. The van der Waals surface area contributed by atoms with Crippen LogP contribution in [0.25, 0.3) is 10.9 Å². The fraction of sp³-hybridized carbons (Fsp3) is 0.500. The zero-order valence-electron chi connectivity index (χ0n) is 14.2. The molecule has 1 atom stereocenters. The molecule has 0 radical (unpaired) electrons. The topological polar surface area (TPSA) is 86.9 Å². The Morgan fingerprint density at radius 2 is 2.16 bits per heavy atom. The van der Waals surface area contributed by atoms with E-state index in [0.29, 0.717) is 41.9 Å². The average Bonchev–Trinajstić information content (AvgIpc) is 2.61. The molecule has 0 saturated carbocycles. The van der Waals surface area contributed by atoms with Crippen LogP contribution in [0.4, 0.5) is 0 Å². The number of piperidine rings is 1. The lowest BCUT2D eigenvalue weighted by molar-refractivity contribution is -0.121. The SMILES string of the molecule is Cl.O=C(CCCc1nc2ccccc2c(=O)[nH]1)NCC1CCCNC1. The number of fused-ring (bicyclic) bond motifs is 1. The molecule has 3 N–H and O–H groups in total. The summed E-state index contributed by atoms with van der Waals surface area (Å²) in [6, 6.07) is 7.29. The fourth-order valence-electron chi connectivity index (χ4n) is 3.11. The Labute approximate surface area is 153 Å². The van der Waals surface area contributed by atoms with Crippen LogP contribution in [0.5, 0.6) is 0 Å². The van der Waals surface area contributed by atoms with E-state index in [2.05, 4.69) is 20.6 Å². The van der Waals surface area contributed by atoms with Crippen molar-refractivity contribution in [2.24, 2.45) is 5.92 Å². The van der Waals surface area contributed by atoms with Gasteiger partial charge < -0.3 is 15.6 Å². The highest BCUT2D eigenvalue weighted by atomic mass is 35.5. The minimum Gasteiger partial charge on any atom is -0.356 e. The quantitative estimate of drug-likeness (QED) is 0.729. The number of aryl methyl sites for hydroxylation is 1. The van der Waals surface area contributed by atoms with Crippen LogP contribution in [-0.2, 0) is 11.2 Å². The number of para-hydroxylation sites is 1. The predicted octanol–water partition coefficient (Wildman–Crippen LogP) is 1.78. The van der Waals surface area contributed by atoms with Crippen molar-refractivity contribution in [1.82, 2.24) is 20.6 Å². The molecule has 2 aromatic rings. The highest BCUT2D eigenvalue weighted by molar-refractivity contribution is 5.85. The zero-order chi connectivity index (χ0) is 16.8. The van der Waals surface area contributed by atoms with Crippen LogP contribution < -0.4 is 16.2 Å². The standard InChI is InChI=1S/C18H24N4O2.ClH/c23-17(20-12-13-5-4-10-19-11-13)9-3-8-16-21-15-7-2-1-6-14(15)18(24)22-16;/h1-2,6-7,13,19H,3-5,8-12H2,(H,20,23)(H,21,22,24);1H. The maximum Gasteiger partial charge on any atom is 0.258 e. The van der Waals surface area contributed by atoms with Crippen molar-refractivity contribution in [3.8, 4) is 0 Å². The second-order valence-electron chi connectivity index (χ2n) is 6.40. The van der Waals surface area contributed by atoms with Gasteiger partial charge in [-0.2, -0.15) is 0 Å². The third-order valence-electron chi connectivity index (χ3n) is 4.47. The second kappa shape index (κ2) is 9.53. The lowest BCUT2D eigenvalue weighted by Crippen LogP contribution is -2.38. The van der Waals surface area contributed by atoms with Gasteiger partial charge in [0.05, 0.1) is 10.9 Å². The van der Waals surface area contributed by atoms with Crippen molar-refractivity contribution < 1.29 is 4.79 Å². The molecule has 3 rings (SSSR count). The van der Waals surface area contributed by atoms with Crippen LogP contribution >= 0.6 is 12.4 Å². The average molecular weight is 365 g/mol. The maximum atomic E-state index is 12.0. The van der Waals surface area contributed by atoms with E-state index in [-0.39, 0.29) is 23.9 Å². The van der Waals surface area contributed by atoms with Crippen LogP contribution in [0.1, 0.15) is 31.5 Å². The molecule has 1 aromatic carbocycles. The third-order valence-corrected chi connectivity index (χ3v) is 4.47. The van der Waals surface area contributed by atoms with Gasteiger partial charge in [0.1, 0.15) is 5.82 Å². The molecule has 1 aliphatic rings. The van der Waals surface area contributed by atoms with E-state index in [1.165, 1.54) is 12.8 Å². The van der Waals surface area contributed by atoms with Crippen LogP contribution in [0.3, 0.4) is 0 Å². The summed E-state index contributed by atoms with van der Waals surface area (Å²) in [5.74, 6) is 1.26. The molecule has 7 heteroatoms. The molecule has 25 heavy (non-hydrogen) atoms. The number of nitrogens with one attached hydrogen (secondary N) is 3. The minimum absolute atomic E-state index is 0. The number of H-pyrrole nitrogens is 1. The van der Waals surface area contributed by atoms with Crippen LogP contribution in [-0.4, -0.2) is 35.5 Å². The maximum absolute atomic E-state index is 12.0. The molecule has 6 nitrogen and oxygen atoms in total. The second-order valence-corrected chi connectivity index (χ2v) is 6.40. The Kier molecular flexibility index (Phi) is 7.40. The summed E-state index contributed by atoms with van der Waals surface area (Å²) in [5, 5.41) is 6.96. The number of benzene rings is 1.